The first-order valence-corrected chi connectivity index (χ1v) is 20.7. The zero-order chi connectivity index (χ0) is 39.0. The van der Waals surface area contributed by atoms with E-state index in [0.29, 0.717) is 0 Å². The van der Waals surface area contributed by atoms with Gasteiger partial charge in [0.25, 0.3) is 0 Å². The van der Waals surface area contributed by atoms with Crippen LogP contribution in [0.2, 0.25) is 0 Å². The van der Waals surface area contributed by atoms with E-state index in [0.717, 1.165) is 5.69 Å². The fourth-order valence-electron chi connectivity index (χ4n) is 10.7. The van der Waals surface area contributed by atoms with Crippen molar-refractivity contribution in [2.24, 2.45) is 0 Å². The van der Waals surface area contributed by atoms with E-state index in [1.807, 2.05) is 0 Å². The summed E-state index contributed by atoms with van der Waals surface area (Å²) in [7, 11) is 0. The summed E-state index contributed by atoms with van der Waals surface area (Å²) in [5.74, 6) is 0. The van der Waals surface area contributed by atoms with Crippen LogP contribution in [0.1, 0.15) is 25.0 Å². The lowest BCUT2D eigenvalue weighted by atomic mass is 9.82. The lowest BCUT2D eigenvalue weighted by Gasteiger charge is -2.21. The molecule has 1 aliphatic rings. The molecule has 0 atom stereocenters. The Bertz CT molecular complexity index is 3710. The number of fused-ring (bicyclic) bond motifs is 15. The van der Waals surface area contributed by atoms with Gasteiger partial charge in [-0.25, -0.2) is 0 Å². The van der Waals surface area contributed by atoms with Gasteiger partial charge in [0, 0.05) is 38.3 Å². The van der Waals surface area contributed by atoms with E-state index in [1.165, 1.54) is 115 Å². The highest BCUT2D eigenvalue weighted by molar-refractivity contribution is 6.26. The minimum atomic E-state index is -0.118. The van der Waals surface area contributed by atoms with Crippen molar-refractivity contribution in [2.75, 3.05) is 0 Å². The van der Waals surface area contributed by atoms with Crippen LogP contribution >= 0.6 is 0 Å². The van der Waals surface area contributed by atoms with Crippen molar-refractivity contribution in [2.45, 2.75) is 19.3 Å². The summed E-state index contributed by atoms with van der Waals surface area (Å²) in [5, 5.41) is 12.8. The maximum Gasteiger partial charge on any atom is 0.0544 e. The molecule has 276 valence electrons. The first kappa shape index (κ1) is 32.6. The quantitative estimate of drug-likeness (QED) is 0.159. The van der Waals surface area contributed by atoms with Crippen LogP contribution < -0.4 is 0 Å². The molecule has 0 N–H and O–H groups in total. The molecule has 0 unspecified atom stereocenters. The Morgan fingerprint density at radius 1 is 0.288 bits per heavy atom. The zero-order valence-electron chi connectivity index (χ0n) is 32.9. The molecule has 0 fully saturated rings. The molecule has 12 aromatic rings. The molecule has 59 heavy (non-hydrogen) atoms. The van der Waals surface area contributed by atoms with Crippen LogP contribution in [0.25, 0.3) is 110 Å². The number of benzene rings is 10. The third-order valence-electron chi connectivity index (χ3n) is 13.5. The first-order chi connectivity index (χ1) is 29.0. The molecule has 2 heteroatoms. The van der Waals surface area contributed by atoms with Gasteiger partial charge in [0.15, 0.2) is 0 Å². The van der Waals surface area contributed by atoms with Gasteiger partial charge in [0.05, 0.1) is 22.1 Å². The first-order valence-electron chi connectivity index (χ1n) is 20.7. The lowest BCUT2D eigenvalue weighted by molar-refractivity contribution is 0.661. The van der Waals surface area contributed by atoms with E-state index in [2.05, 4.69) is 217 Å². The number of para-hydroxylation sites is 1. The van der Waals surface area contributed by atoms with E-state index in [9.17, 15) is 0 Å². The average molecular weight is 751 g/mol. The highest BCUT2D eigenvalue weighted by Crippen LogP contribution is 2.51. The monoisotopic (exact) mass is 750 g/mol. The Morgan fingerprint density at radius 3 is 1.54 bits per heavy atom. The predicted molar refractivity (Wildman–Crippen MR) is 251 cm³/mol. The van der Waals surface area contributed by atoms with Crippen LogP contribution in [0, 0.1) is 0 Å². The Hall–Kier alpha value is -7.42. The van der Waals surface area contributed by atoms with Gasteiger partial charge < -0.3 is 9.13 Å². The van der Waals surface area contributed by atoms with Gasteiger partial charge in [-0.05, 0) is 126 Å². The molecule has 1 aliphatic carbocycles. The summed E-state index contributed by atoms with van der Waals surface area (Å²) in [4.78, 5) is 0. The number of nitrogens with zero attached hydrogens (tertiary/aromatic N) is 2. The Labute approximate surface area is 341 Å². The molecule has 0 saturated heterocycles. The normalized spacial score (nSPS) is 13.4. The molecule has 10 aromatic carbocycles. The largest absolute Gasteiger partial charge is 0.309 e. The Morgan fingerprint density at radius 2 is 0.797 bits per heavy atom. The molecular weight excluding hydrogens is 713 g/mol. The van der Waals surface area contributed by atoms with Crippen molar-refractivity contribution in [3.05, 3.63) is 205 Å². The van der Waals surface area contributed by atoms with Crippen LogP contribution in [0.4, 0.5) is 0 Å². The second-order valence-electron chi connectivity index (χ2n) is 16.9. The molecule has 0 amide bonds. The van der Waals surface area contributed by atoms with Crippen molar-refractivity contribution in [1.82, 2.24) is 9.13 Å². The SMILES string of the molecule is CC1(C)c2ccccc2-c2cc3c4cc(-n5c6ccccc6c6cc(-c7ccccc7)ccc65)ccc4n(-c4ccc5c6ccccc6c6ccccc6c5c4)c3cc21. The maximum atomic E-state index is 2.52. The van der Waals surface area contributed by atoms with Crippen LogP contribution in [0.3, 0.4) is 0 Å². The van der Waals surface area contributed by atoms with Crippen molar-refractivity contribution >= 4 is 75.9 Å². The molecular formula is C57H38N2. The highest BCUT2D eigenvalue weighted by atomic mass is 15.0. The lowest BCUT2D eigenvalue weighted by Crippen LogP contribution is -2.14. The van der Waals surface area contributed by atoms with Gasteiger partial charge >= 0.3 is 0 Å². The molecule has 0 radical (unpaired) electrons. The molecule has 13 rings (SSSR count). The Balaban J connectivity index is 1.11. The summed E-state index contributed by atoms with van der Waals surface area (Å²) < 4.78 is 4.98. The summed E-state index contributed by atoms with van der Waals surface area (Å²) in [6, 6.07) is 72.4. The summed E-state index contributed by atoms with van der Waals surface area (Å²) in [6.45, 7) is 4.76. The third kappa shape index (κ3) is 4.46. The van der Waals surface area contributed by atoms with Crippen molar-refractivity contribution < 1.29 is 0 Å². The van der Waals surface area contributed by atoms with E-state index >= 15 is 0 Å². The molecule has 0 aliphatic heterocycles. The van der Waals surface area contributed by atoms with Crippen molar-refractivity contribution in [3.8, 4) is 33.6 Å². The number of rotatable bonds is 3. The molecule has 2 heterocycles. The zero-order valence-corrected chi connectivity index (χ0v) is 32.9. The highest BCUT2D eigenvalue weighted by Gasteiger charge is 2.36. The predicted octanol–water partition coefficient (Wildman–Crippen LogP) is 15.3. The van der Waals surface area contributed by atoms with E-state index in [1.54, 1.807) is 0 Å². The minimum Gasteiger partial charge on any atom is -0.309 e. The van der Waals surface area contributed by atoms with Gasteiger partial charge in [0.1, 0.15) is 0 Å². The smallest absolute Gasteiger partial charge is 0.0544 e. The summed E-state index contributed by atoms with van der Waals surface area (Å²) in [6.07, 6.45) is 0. The minimum absolute atomic E-state index is 0.118. The van der Waals surface area contributed by atoms with Crippen LogP contribution in [-0.4, -0.2) is 9.13 Å². The summed E-state index contributed by atoms with van der Waals surface area (Å²) in [5.41, 5.74) is 15.0. The second-order valence-corrected chi connectivity index (χ2v) is 16.9. The number of hydrogen-bond acceptors (Lipinski definition) is 0. The molecule has 2 aromatic heterocycles. The van der Waals surface area contributed by atoms with E-state index in [4.69, 9.17) is 0 Å². The Kier molecular flexibility index (Phi) is 6.54. The number of hydrogen-bond donors (Lipinski definition) is 0. The summed E-state index contributed by atoms with van der Waals surface area (Å²) >= 11 is 0. The topological polar surface area (TPSA) is 9.86 Å². The fraction of sp³-hybridized carbons (Fsp3) is 0.0526. The number of aromatic nitrogens is 2. The maximum absolute atomic E-state index is 2.52. The molecule has 0 spiro atoms. The van der Waals surface area contributed by atoms with Gasteiger partial charge in [-0.1, -0.05) is 147 Å². The standard InChI is InChI=1S/C57H38N2/c1-57(2)51-22-12-10-20-44(51)47-33-50-49-32-38(58-53-23-13-11-21-45(53)48-30-36(24-28-54(48)58)35-14-4-3-5-15-35)26-29-55(49)59(56(50)34-52(47)57)37-25-27-43-41-18-7-6-16-39(41)40-17-8-9-19-42(40)46(43)31-37/h3-34H,1-2H3. The van der Waals surface area contributed by atoms with E-state index < -0.39 is 0 Å². The molecule has 0 bridgehead atoms. The van der Waals surface area contributed by atoms with Gasteiger partial charge in [-0.2, -0.15) is 0 Å². The van der Waals surface area contributed by atoms with Gasteiger partial charge in [-0.15, -0.1) is 0 Å². The van der Waals surface area contributed by atoms with Gasteiger partial charge in [-0.3, -0.25) is 0 Å². The van der Waals surface area contributed by atoms with Crippen molar-refractivity contribution in [3.63, 3.8) is 0 Å². The van der Waals surface area contributed by atoms with Crippen LogP contribution in [-0.2, 0) is 5.41 Å². The third-order valence-corrected chi connectivity index (χ3v) is 13.5. The van der Waals surface area contributed by atoms with Crippen LogP contribution in [0.5, 0.6) is 0 Å². The molecule has 0 saturated carbocycles. The average Bonchev–Trinajstić information content (AvgIpc) is 3.88. The fourth-order valence-corrected chi connectivity index (χ4v) is 10.7. The van der Waals surface area contributed by atoms with Crippen LogP contribution in [0.15, 0.2) is 194 Å². The van der Waals surface area contributed by atoms with Crippen molar-refractivity contribution in [1.29, 1.82) is 0 Å². The van der Waals surface area contributed by atoms with Gasteiger partial charge in [0.2, 0.25) is 0 Å². The molecule has 2 nitrogen and oxygen atoms in total. The second kappa shape index (κ2) is 11.8. The van der Waals surface area contributed by atoms with E-state index in [-0.39, 0.29) is 5.41 Å².